The van der Waals surface area contributed by atoms with Crippen molar-refractivity contribution in [3.8, 4) is 0 Å². The summed E-state index contributed by atoms with van der Waals surface area (Å²) in [4.78, 5) is 15.3. The zero-order valence-corrected chi connectivity index (χ0v) is 16.1. The molecule has 0 spiro atoms. The van der Waals surface area contributed by atoms with Gasteiger partial charge in [-0.3, -0.25) is 4.79 Å². The van der Waals surface area contributed by atoms with E-state index >= 15 is 0 Å². The van der Waals surface area contributed by atoms with Gasteiger partial charge in [0.1, 0.15) is 10.6 Å². The number of halogens is 1. The lowest BCUT2D eigenvalue weighted by Crippen LogP contribution is -2.40. The normalized spacial score (nSPS) is 19.0. The van der Waals surface area contributed by atoms with Gasteiger partial charge in [0.05, 0.1) is 29.3 Å². The van der Waals surface area contributed by atoms with Crippen LogP contribution in [-0.4, -0.2) is 36.8 Å². The Kier molecular flexibility index (Phi) is 4.54. The molecule has 1 atom stereocenters. The number of rotatable bonds is 4. The van der Waals surface area contributed by atoms with Crippen molar-refractivity contribution in [3.63, 3.8) is 0 Å². The number of carbonyl (C=O) groups excluding carboxylic acids is 1. The van der Waals surface area contributed by atoms with Crippen LogP contribution in [0.4, 0.5) is 0 Å². The lowest BCUT2D eigenvalue weighted by molar-refractivity contribution is 0.0671. The molecule has 0 bridgehead atoms. The SMILES string of the molecule is O=C(c1sc2ccccc2c1Cl)N(Cc1ccco1)[C@H]1CCS(=O)(=O)C1. The summed E-state index contributed by atoms with van der Waals surface area (Å²) >= 11 is 7.79. The van der Waals surface area contributed by atoms with Crippen LogP contribution in [0.2, 0.25) is 5.02 Å². The molecule has 1 saturated heterocycles. The van der Waals surface area contributed by atoms with E-state index in [1.807, 2.05) is 24.3 Å². The number of thiophene rings is 1. The predicted octanol–water partition coefficient (Wildman–Crippen LogP) is 3.98. The molecule has 0 saturated carbocycles. The van der Waals surface area contributed by atoms with E-state index in [2.05, 4.69) is 0 Å². The zero-order valence-electron chi connectivity index (χ0n) is 13.7. The molecule has 1 aliphatic heterocycles. The topological polar surface area (TPSA) is 67.6 Å². The van der Waals surface area contributed by atoms with Gasteiger partial charge in [0.25, 0.3) is 5.91 Å². The van der Waals surface area contributed by atoms with Gasteiger partial charge in [0.2, 0.25) is 0 Å². The monoisotopic (exact) mass is 409 g/mol. The second-order valence-corrected chi connectivity index (χ2v) is 9.97. The maximum absolute atomic E-state index is 13.3. The van der Waals surface area contributed by atoms with Crippen LogP contribution >= 0.6 is 22.9 Å². The van der Waals surface area contributed by atoms with E-state index in [0.29, 0.717) is 22.1 Å². The third-order valence-electron chi connectivity index (χ3n) is 4.55. The Hall–Kier alpha value is -1.83. The third kappa shape index (κ3) is 3.26. The molecule has 3 heterocycles. The maximum atomic E-state index is 13.3. The molecule has 26 heavy (non-hydrogen) atoms. The molecule has 0 radical (unpaired) electrons. The van der Waals surface area contributed by atoms with Crippen molar-refractivity contribution in [3.05, 3.63) is 58.3 Å². The maximum Gasteiger partial charge on any atom is 0.266 e. The molecular formula is C18H16ClNO4S2. The number of hydrogen-bond acceptors (Lipinski definition) is 5. The van der Waals surface area contributed by atoms with Gasteiger partial charge in [-0.25, -0.2) is 8.42 Å². The van der Waals surface area contributed by atoms with Gasteiger partial charge in [-0.2, -0.15) is 0 Å². The average Bonchev–Trinajstić information content (AvgIpc) is 3.32. The molecule has 1 aromatic carbocycles. The van der Waals surface area contributed by atoms with Crippen LogP contribution in [0.25, 0.3) is 10.1 Å². The van der Waals surface area contributed by atoms with Gasteiger partial charge >= 0.3 is 0 Å². The summed E-state index contributed by atoms with van der Waals surface area (Å²) in [6.45, 7) is 0.219. The molecule has 8 heteroatoms. The number of carbonyl (C=O) groups is 1. The first-order valence-electron chi connectivity index (χ1n) is 8.15. The minimum Gasteiger partial charge on any atom is -0.467 e. The van der Waals surface area contributed by atoms with Crippen LogP contribution in [0.5, 0.6) is 0 Å². The van der Waals surface area contributed by atoms with E-state index in [4.69, 9.17) is 16.0 Å². The van der Waals surface area contributed by atoms with Gasteiger partial charge in [-0.05, 0) is 24.6 Å². The Labute approximate surface area is 160 Å². The summed E-state index contributed by atoms with van der Waals surface area (Å²) < 4.78 is 30.2. The number of fused-ring (bicyclic) bond motifs is 1. The standard InChI is InChI=1S/C18H16ClNO4S2/c19-16-14-5-1-2-6-15(14)25-17(16)18(21)20(10-13-4-3-8-24-13)12-7-9-26(22,23)11-12/h1-6,8,12H,7,9-11H2/t12-/m0/s1. The summed E-state index contributed by atoms with van der Waals surface area (Å²) in [5.74, 6) is 0.427. The van der Waals surface area contributed by atoms with Crippen LogP contribution in [0.15, 0.2) is 47.1 Å². The largest absolute Gasteiger partial charge is 0.467 e. The molecule has 1 amide bonds. The van der Waals surface area contributed by atoms with E-state index in [1.165, 1.54) is 17.6 Å². The quantitative estimate of drug-likeness (QED) is 0.653. The van der Waals surface area contributed by atoms with Gasteiger partial charge < -0.3 is 9.32 Å². The minimum atomic E-state index is -3.12. The molecule has 0 N–H and O–H groups in total. The van der Waals surface area contributed by atoms with Crippen molar-refractivity contribution in [2.45, 2.75) is 19.0 Å². The summed E-state index contributed by atoms with van der Waals surface area (Å²) in [6.07, 6.45) is 1.97. The Morgan fingerprint density at radius 1 is 1.27 bits per heavy atom. The lowest BCUT2D eigenvalue weighted by atomic mass is 10.2. The summed E-state index contributed by atoms with van der Waals surface area (Å²) in [7, 11) is -3.12. The van der Waals surface area contributed by atoms with Gasteiger partial charge in [0.15, 0.2) is 9.84 Å². The van der Waals surface area contributed by atoms with E-state index in [-0.39, 0.29) is 30.0 Å². The molecule has 2 aromatic heterocycles. The van der Waals surface area contributed by atoms with Gasteiger partial charge in [-0.1, -0.05) is 29.8 Å². The second kappa shape index (κ2) is 6.72. The molecule has 1 fully saturated rings. The van der Waals surface area contributed by atoms with E-state index < -0.39 is 9.84 Å². The number of benzene rings is 1. The van der Waals surface area contributed by atoms with Gasteiger partial charge in [-0.15, -0.1) is 11.3 Å². The van der Waals surface area contributed by atoms with Crippen molar-refractivity contribution in [2.75, 3.05) is 11.5 Å². The Morgan fingerprint density at radius 3 is 2.73 bits per heavy atom. The zero-order chi connectivity index (χ0) is 18.3. The average molecular weight is 410 g/mol. The number of furan rings is 1. The number of sulfone groups is 1. The van der Waals surface area contributed by atoms with Crippen molar-refractivity contribution < 1.29 is 17.6 Å². The molecule has 5 nitrogen and oxygen atoms in total. The fourth-order valence-corrected chi connectivity index (χ4v) is 6.44. The van der Waals surface area contributed by atoms with Crippen molar-refractivity contribution in [1.82, 2.24) is 4.90 Å². The fourth-order valence-electron chi connectivity index (χ4n) is 3.24. The van der Waals surface area contributed by atoms with Crippen molar-refractivity contribution in [2.24, 2.45) is 0 Å². The first-order valence-corrected chi connectivity index (χ1v) is 11.2. The second-order valence-electron chi connectivity index (χ2n) is 6.31. The number of hydrogen-bond donors (Lipinski definition) is 0. The molecule has 0 unspecified atom stereocenters. The smallest absolute Gasteiger partial charge is 0.266 e. The van der Waals surface area contributed by atoms with E-state index in [0.717, 1.165) is 10.1 Å². The highest BCUT2D eigenvalue weighted by Crippen LogP contribution is 2.37. The van der Waals surface area contributed by atoms with Gasteiger partial charge in [0, 0.05) is 16.1 Å². The molecule has 1 aliphatic rings. The van der Waals surface area contributed by atoms with Crippen LogP contribution in [0, 0.1) is 0 Å². The van der Waals surface area contributed by atoms with Crippen LogP contribution < -0.4 is 0 Å². The number of nitrogens with zero attached hydrogens (tertiary/aromatic N) is 1. The fraction of sp³-hybridized carbons (Fsp3) is 0.278. The Bertz CT molecular complexity index is 1060. The highest BCUT2D eigenvalue weighted by molar-refractivity contribution is 7.91. The molecular weight excluding hydrogens is 394 g/mol. The van der Waals surface area contributed by atoms with Crippen molar-refractivity contribution in [1.29, 1.82) is 0 Å². The van der Waals surface area contributed by atoms with Crippen molar-refractivity contribution >= 4 is 48.8 Å². The molecule has 3 aromatic rings. The first kappa shape index (κ1) is 17.6. The van der Waals surface area contributed by atoms with Crippen LogP contribution in [0.1, 0.15) is 21.9 Å². The molecule has 4 rings (SSSR count). The summed E-state index contributed by atoms with van der Waals surface area (Å²) in [5.41, 5.74) is 0. The lowest BCUT2D eigenvalue weighted by Gasteiger charge is -2.27. The summed E-state index contributed by atoms with van der Waals surface area (Å²) in [5, 5.41) is 1.25. The predicted molar refractivity (Wildman–Crippen MR) is 102 cm³/mol. The van der Waals surface area contributed by atoms with Crippen LogP contribution in [0.3, 0.4) is 0 Å². The van der Waals surface area contributed by atoms with E-state index in [9.17, 15) is 13.2 Å². The first-order chi connectivity index (χ1) is 12.4. The summed E-state index contributed by atoms with van der Waals surface area (Å²) in [6, 6.07) is 10.7. The van der Waals surface area contributed by atoms with Crippen LogP contribution in [-0.2, 0) is 16.4 Å². The highest BCUT2D eigenvalue weighted by Gasteiger charge is 2.36. The van der Waals surface area contributed by atoms with E-state index in [1.54, 1.807) is 17.0 Å². The third-order valence-corrected chi connectivity index (χ3v) is 7.96. The Morgan fingerprint density at radius 2 is 2.08 bits per heavy atom. The Balaban J connectivity index is 1.72. The number of amides is 1. The molecule has 136 valence electrons. The highest BCUT2D eigenvalue weighted by atomic mass is 35.5. The minimum absolute atomic E-state index is 0.0258. The molecule has 0 aliphatic carbocycles.